The Kier molecular flexibility index (Phi) is 4.62. The van der Waals surface area contributed by atoms with Crippen LogP contribution in [-0.4, -0.2) is 37.4 Å². The summed E-state index contributed by atoms with van der Waals surface area (Å²) in [7, 11) is 3.94. The Balaban J connectivity index is 2.43. The van der Waals surface area contributed by atoms with Gasteiger partial charge in [0.1, 0.15) is 0 Å². The number of aromatic nitrogens is 2. The van der Waals surface area contributed by atoms with Gasteiger partial charge in [-0.2, -0.15) is 0 Å². The average molecular weight is 215 g/mol. The van der Waals surface area contributed by atoms with Gasteiger partial charge in [-0.25, -0.2) is 0 Å². The van der Waals surface area contributed by atoms with Crippen molar-refractivity contribution < 1.29 is 0 Å². The highest BCUT2D eigenvalue weighted by molar-refractivity contribution is 6.29. The number of hydrogen-bond donors (Lipinski definition) is 1. The summed E-state index contributed by atoms with van der Waals surface area (Å²) in [5.41, 5.74) is 0. The van der Waals surface area contributed by atoms with Crippen LogP contribution in [0.25, 0.3) is 0 Å². The summed E-state index contributed by atoms with van der Waals surface area (Å²) >= 11 is 5.64. The van der Waals surface area contributed by atoms with Gasteiger partial charge in [0.2, 0.25) is 0 Å². The maximum absolute atomic E-state index is 5.64. The largest absolute Gasteiger partial charge is 0.358 e. The molecule has 1 aromatic rings. The molecular formula is C9H15ClN4. The van der Waals surface area contributed by atoms with E-state index in [0.29, 0.717) is 5.15 Å². The molecular weight excluding hydrogens is 200 g/mol. The SMILES string of the molecule is CNCCCN(C)c1ccc(Cl)nn1. The van der Waals surface area contributed by atoms with Crippen molar-refractivity contribution in [3.63, 3.8) is 0 Å². The molecule has 0 fully saturated rings. The van der Waals surface area contributed by atoms with Gasteiger partial charge in [-0.05, 0) is 32.1 Å². The Hall–Kier alpha value is -0.870. The summed E-state index contributed by atoms with van der Waals surface area (Å²) in [6.07, 6.45) is 1.08. The standard InChI is InChI=1S/C9H15ClN4/c1-11-6-3-7-14(2)9-5-4-8(10)12-13-9/h4-5,11H,3,6-7H2,1-2H3. The first-order chi connectivity index (χ1) is 6.74. The second kappa shape index (κ2) is 5.78. The van der Waals surface area contributed by atoms with E-state index in [1.54, 1.807) is 6.07 Å². The molecule has 0 atom stereocenters. The fourth-order valence-electron chi connectivity index (χ4n) is 1.12. The van der Waals surface area contributed by atoms with Gasteiger partial charge in [-0.15, -0.1) is 10.2 Å². The van der Waals surface area contributed by atoms with Crippen LogP contribution >= 0.6 is 11.6 Å². The molecule has 5 heteroatoms. The maximum atomic E-state index is 5.64. The van der Waals surface area contributed by atoms with Gasteiger partial charge in [0, 0.05) is 13.6 Å². The fourth-order valence-corrected chi connectivity index (χ4v) is 1.22. The zero-order valence-electron chi connectivity index (χ0n) is 8.50. The van der Waals surface area contributed by atoms with Crippen LogP contribution in [0.4, 0.5) is 5.82 Å². The summed E-state index contributed by atoms with van der Waals surface area (Å²) in [5, 5.41) is 11.3. The van der Waals surface area contributed by atoms with Crippen molar-refractivity contribution in [2.75, 3.05) is 32.1 Å². The number of hydrogen-bond acceptors (Lipinski definition) is 4. The molecule has 14 heavy (non-hydrogen) atoms. The number of nitrogens with one attached hydrogen (secondary N) is 1. The molecule has 0 saturated heterocycles. The lowest BCUT2D eigenvalue weighted by molar-refractivity contribution is 0.706. The highest BCUT2D eigenvalue weighted by Gasteiger charge is 2.01. The molecule has 4 nitrogen and oxygen atoms in total. The number of anilines is 1. The minimum absolute atomic E-state index is 0.428. The molecule has 0 radical (unpaired) electrons. The molecule has 0 saturated carbocycles. The van der Waals surface area contributed by atoms with Gasteiger partial charge in [-0.3, -0.25) is 0 Å². The van der Waals surface area contributed by atoms with Crippen molar-refractivity contribution >= 4 is 17.4 Å². The lowest BCUT2D eigenvalue weighted by Gasteiger charge is -2.16. The van der Waals surface area contributed by atoms with E-state index in [4.69, 9.17) is 11.6 Å². The lowest BCUT2D eigenvalue weighted by atomic mass is 10.4. The smallest absolute Gasteiger partial charge is 0.151 e. The summed E-state index contributed by atoms with van der Waals surface area (Å²) < 4.78 is 0. The van der Waals surface area contributed by atoms with Crippen LogP contribution in [0.1, 0.15) is 6.42 Å². The molecule has 0 bridgehead atoms. The van der Waals surface area contributed by atoms with E-state index < -0.39 is 0 Å². The Morgan fingerprint density at radius 2 is 2.21 bits per heavy atom. The van der Waals surface area contributed by atoms with Crippen molar-refractivity contribution in [2.45, 2.75) is 6.42 Å². The molecule has 1 rings (SSSR count). The highest BCUT2D eigenvalue weighted by Crippen LogP contribution is 2.09. The van der Waals surface area contributed by atoms with Crippen LogP contribution in [0, 0.1) is 0 Å². The lowest BCUT2D eigenvalue weighted by Crippen LogP contribution is -2.23. The number of halogens is 1. The molecule has 0 unspecified atom stereocenters. The van der Waals surface area contributed by atoms with E-state index >= 15 is 0 Å². The predicted molar refractivity (Wildman–Crippen MR) is 58.9 cm³/mol. The van der Waals surface area contributed by atoms with Gasteiger partial charge in [0.05, 0.1) is 0 Å². The first-order valence-electron chi connectivity index (χ1n) is 4.59. The van der Waals surface area contributed by atoms with Crippen LogP contribution in [0.15, 0.2) is 12.1 Å². The van der Waals surface area contributed by atoms with Crippen molar-refractivity contribution in [2.24, 2.45) is 0 Å². The Morgan fingerprint density at radius 3 is 2.79 bits per heavy atom. The second-order valence-electron chi connectivity index (χ2n) is 3.09. The highest BCUT2D eigenvalue weighted by atomic mass is 35.5. The van der Waals surface area contributed by atoms with Gasteiger partial charge < -0.3 is 10.2 Å². The maximum Gasteiger partial charge on any atom is 0.151 e. The summed E-state index contributed by atoms with van der Waals surface area (Å²) in [6, 6.07) is 3.62. The third-order valence-electron chi connectivity index (χ3n) is 1.93. The van der Waals surface area contributed by atoms with Crippen LogP contribution in [0.2, 0.25) is 5.15 Å². The number of nitrogens with zero attached hydrogens (tertiary/aromatic N) is 3. The van der Waals surface area contributed by atoms with Gasteiger partial charge in [-0.1, -0.05) is 11.6 Å². The average Bonchev–Trinajstić information content (AvgIpc) is 2.19. The van der Waals surface area contributed by atoms with E-state index in [1.165, 1.54) is 0 Å². The quantitative estimate of drug-likeness (QED) is 0.748. The zero-order valence-corrected chi connectivity index (χ0v) is 9.25. The minimum atomic E-state index is 0.428. The van der Waals surface area contributed by atoms with Gasteiger partial charge in [0.15, 0.2) is 11.0 Å². The zero-order chi connectivity index (χ0) is 10.4. The monoisotopic (exact) mass is 214 g/mol. The molecule has 1 aromatic heterocycles. The van der Waals surface area contributed by atoms with Gasteiger partial charge >= 0.3 is 0 Å². The van der Waals surface area contributed by atoms with Crippen molar-refractivity contribution in [3.05, 3.63) is 17.3 Å². The first-order valence-corrected chi connectivity index (χ1v) is 4.97. The summed E-state index contributed by atoms with van der Waals surface area (Å²) in [6.45, 7) is 1.96. The molecule has 0 spiro atoms. The van der Waals surface area contributed by atoms with E-state index in [9.17, 15) is 0 Å². The van der Waals surface area contributed by atoms with E-state index in [0.717, 1.165) is 25.3 Å². The van der Waals surface area contributed by atoms with Gasteiger partial charge in [0.25, 0.3) is 0 Å². The molecule has 1 N–H and O–H groups in total. The van der Waals surface area contributed by atoms with Crippen molar-refractivity contribution in [1.82, 2.24) is 15.5 Å². The second-order valence-corrected chi connectivity index (χ2v) is 3.48. The molecule has 78 valence electrons. The molecule has 0 amide bonds. The molecule has 0 aromatic carbocycles. The minimum Gasteiger partial charge on any atom is -0.358 e. The fraction of sp³-hybridized carbons (Fsp3) is 0.556. The summed E-state index contributed by atoms with van der Waals surface area (Å²) in [4.78, 5) is 2.06. The normalized spacial score (nSPS) is 10.2. The van der Waals surface area contributed by atoms with Crippen LogP contribution < -0.4 is 10.2 Å². The van der Waals surface area contributed by atoms with Crippen molar-refractivity contribution in [1.29, 1.82) is 0 Å². The topological polar surface area (TPSA) is 41.0 Å². The van der Waals surface area contributed by atoms with E-state index in [-0.39, 0.29) is 0 Å². The Morgan fingerprint density at radius 1 is 1.43 bits per heavy atom. The van der Waals surface area contributed by atoms with Crippen LogP contribution in [0.3, 0.4) is 0 Å². The van der Waals surface area contributed by atoms with E-state index in [2.05, 4.69) is 20.4 Å². The predicted octanol–water partition coefficient (Wildman–Crippen LogP) is 1.18. The van der Waals surface area contributed by atoms with Crippen LogP contribution in [0.5, 0.6) is 0 Å². The number of rotatable bonds is 5. The third kappa shape index (κ3) is 3.47. The van der Waals surface area contributed by atoms with Crippen molar-refractivity contribution in [3.8, 4) is 0 Å². The first kappa shape index (κ1) is 11.2. The molecule has 0 aliphatic heterocycles. The Labute approximate surface area is 89.3 Å². The molecule has 0 aliphatic carbocycles. The molecule has 1 heterocycles. The third-order valence-corrected chi connectivity index (χ3v) is 2.13. The Bertz CT molecular complexity index is 262. The molecule has 0 aliphatic rings. The van der Waals surface area contributed by atoms with E-state index in [1.807, 2.05) is 20.2 Å². The summed E-state index contributed by atoms with van der Waals surface area (Å²) in [5.74, 6) is 0.852. The van der Waals surface area contributed by atoms with Crippen LogP contribution in [-0.2, 0) is 0 Å².